The Bertz CT molecular complexity index is 1030. The average Bonchev–Trinajstić information content (AvgIpc) is 2.77. The van der Waals surface area contributed by atoms with Gasteiger partial charge in [-0.15, -0.1) is 0 Å². The van der Waals surface area contributed by atoms with Gasteiger partial charge in [0.2, 0.25) is 0 Å². The van der Waals surface area contributed by atoms with Crippen LogP contribution in [0, 0.1) is 13.8 Å². The van der Waals surface area contributed by atoms with E-state index in [0.29, 0.717) is 18.0 Å². The van der Waals surface area contributed by atoms with Crippen LogP contribution >= 0.6 is 0 Å². The van der Waals surface area contributed by atoms with Crippen LogP contribution in [0.2, 0.25) is 0 Å². The number of carbonyl (C=O) groups is 1. The predicted octanol–water partition coefficient (Wildman–Crippen LogP) is 3.72. The molecule has 3 aromatic carbocycles. The fourth-order valence-electron chi connectivity index (χ4n) is 3.88. The molecule has 1 amide bonds. The fraction of sp³-hybridized carbons (Fsp3) is 0.269. The van der Waals surface area contributed by atoms with E-state index >= 15 is 0 Å². The number of hydrogen-bond donors (Lipinski definition) is 2. The standard InChI is InChI=1S/C26H30N2O3/c1-18-14-15-19(2)22(16-18)27-26(29)24(20-10-7-6-8-11-20)28(3)17-21-12-9-13-23(30-4)25(21)31-5/h6-16,24H,17H2,1-5H3,(H,27,29)/p+1/t24-/m0/s1. The summed E-state index contributed by atoms with van der Waals surface area (Å²) in [6.07, 6.45) is 0. The first kappa shape index (κ1) is 22.4. The van der Waals surface area contributed by atoms with Crippen molar-refractivity contribution in [3.05, 3.63) is 89.0 Å². The van der Waals surface area contributed by atoms with Crippen LogP contribution in [0.25, 0.3) is 0 Å². The normalized spacial score (nSPS) is 12.7. The van der Waals surface area contributed by atoms with Crippen molar-refractivity contribution in [1.82, 2.24) is 0 Å². The largest absolute Gasteiger partial charge is 0.493 e. The summed E-state index contributed by atoms with van der Waals surface area (Å²) in [4.78, 5) is 14.5. The van der Waals surface area contributed by atoms with E-state index in [2.05, 4.69) is 5.32 Å². The summed E-state index contributed by atoms with van der Waals surface area (Å²) in [7, 11) is 5.29. The van der Waals surface area contributed by atoms with Gasteiger partial charge in [0.15, 0.2) is 17.5 Å². The highest BCUT2D eigenvalue weighted by Crippen LogP contribution is 2.30. The van der Waals surface area contributed by atoms with Crippen LogP contribution in [0.4, 0.5) is 5.69 Å². The molecule has 0 aromatic heterocycles. The number of carbonyl (C=O) groups excluding carboxylic acids is 1. The highest BCUT2D eigenvalue weighted by Gasteiger charge is 2.30. The molecule has 1 unspecified atom stereocenters. The number of quaternary nitrogens is 1. The summed E-state index contributed by atoms with van der Waals surface area (Å²) in [5, 5.41) is 3.15. The number of anilines is 1. The van der Waals surface area contributed by atoms with Gasteiger partial charge in [0.05, 0.1) is 26.8 Å². The van der Waals surface area contributed by atoms with E-state index < -0.39 is 6.04 Å². The van der Waals surface area contributed by atoms with Gasteiger partial charge in [-0.3, -0.25) is 4.79 Å². The Balaban J connectivity index is 1.93. The molecular formula is C26H31N2O3+. The van der Waals surface area contributed by atoms with Crippen molar-refractivity contribution in [2.75, 3.05) is 26.6 Å². The molecule has 5 heteroatoms. The van der Waals surface area contributed by atoms with Crippen molar-refractivity contribution < 1.29 is 19.2 Å². The number of ether oxygens (including phenoxy) is 2. The number of para-hydroxylation sites is 1. The number of likely N-dealkylation sites (N-methyl/N-ethyl adjacent to an activating group) is 1. The molecule has 5 nitrogen and oxygen atoms in total. The van der Waals surface area contributed by atoms with Crippen LogP contribution in [0.3, 0.4) is 0 Å². The second-order valence-corrected chi connectivity index (χ2v) is 7.83. The zero-order valence-corrected chi connectivity index (χ0v) is 18.9. The molecule has 3 aromatic rings. The number of amides is 1. The minimum atomic E-state index is -0.392. The Hall–Kier alpha value is -3.31. The minimum Gasteiger partial charge on any atom is -0.493 e. The number of rotatable bonds is 8. The SMILES string of the molecule is COc1cccc(C[NH+](C)[C@H](C(=O)Nc2cc(C)ccc2C)c2ccccc2)c1OC. The second-order valence-electron chi connectivity index (χ2n) is 7.83. The molecule has 0 bridgehead atoms. The number of aryl methyl sites for hydroxylation is 2. The zero-order valence-electron chi connectivity index (χ0n) is 18.9. The molecule has 2 N–H and O–H groups in total. The van der Waals surface area contributed by atoms with Crippen molar-refractivity contribution in [3.63, 3.8) is 0 Å². The predicted molar refractivity (Wildman–Crippen MR) is 124 cm³/mol. The summed E-state index contributed by atoms with van der Waals surface area (Å²) in [6.45, 7) is 4.63. The van der Waals surface area contributed by atoms with E-state index in [1.165, 1.54) is 0 Å². The Morgan fingerprint density at radius 1 is 0.968 bits per heavy atom. The van der Waals surface area contributed by atoms with Crippen molar-refractivity contribution >= 4 is 11.6 Å². The smallest absolute Gasteiger partial charge is 0.287 e. The van der Waals surface area contributed by atoms with Gasteiger partial charge >= 0.3 is 0 Å². The van der Waals surface area contributed by atoms with Gasteiger partial charge in [-0.1, -0.05) is 48.5 Å². The molecule has 0 saturated carbocycles. The van der Waals surface area contributed by atoms with Crippen molar-refractivity contribution in [2.24, 2.45) is 0 Å². The first-order chi connectivity index (χ1) is 14.9. The summed E-state index contributed by atoms with van der Waals surface area (Å²) in [5.41, 5.74) is 4.94. The van der Waals surface area contributed by atoms with E-state index in [4.69, 9.17) is 9.47 Å². The van der Waals surface area contributed by atoms with Crippen LogP contribution in [-0.2, 0) is 11.3 Å². The summed E-state index contributed by atoms with van der Waals surface area (Å²) in [6, 6.07) is 21.4. The van der Waals surface area contributed by atoms with Gasteiger partial charge in [0.25, 0.3) is 5.91 Å². The lowest BCUT2D eigenvalue weighted by Crippen LogP contribution is -3.09. The Morgan fingerprint density at radius 3 is 2.39 bits per heavy atom. The molecule has 0 fully saturated rings. The lowest BCUT2D eigenvalue weighted by Gasteiger charge is -2.26. The molecule has 0 heterocycles. The van der Waals surface area contributed by atoms with Gasteiger partial charge in [-0.2, -0.15) is 0 Å². The maximum Gasteiger partial charge on any atom is 0.287 e. The molecule has 0 spiro atoms. The van der Waals surface area contributed by atoms with Crippen LogP contribution in [-0.4, -0.2) is 27.2 Å². The number of nitrogens with one attached hydrogen (secondary N) is 2. The first-order valence-electron chi connectivity index (χ1n) is 10.4. The number of hydrogen-bond acceptors (Lipinski definition) is 3. The molecule has 2 atom stereocenters. The zero-order chi connectivity index (χ0) is 22.4. The lowest BCUT2D eigenvalue weighted by molar-refractivity contribution is -0.915. The highest BCUT2D eigenvalue weighted by atomic mass is 16.5. The van der Waals surface area contributed by atoms with E-state index in [-0.39, 0.29) is 5.91 Å². The Morgan fingerprint density at radius 2 is 1.71 bits per heavy atom. The molecular weight excluding hydrogens is 388 g/mol. The van der Waals surface area contributed by atoms with Gasteiger partial charge in [-0.25, -0.2) is 0 Å². The number of methoxy groups -OCH3 is 2. The fourth-order valence-corrected chi connectivity index (χ4v) is 3.88. The van der Waals surface area contributed by atoms with Crippen molar-refractivity contribution in [3.8, 4) is 11.5 Å². The maximum atomic E-state index is 13.5. The van der Waals surface area contributed by atoms with E-state index in [0.717, 1.165) is 32.8 Å². The quantitative estimate of drug-likeness (QED) is 0.585. The van der Waals surface area contributed by atoms with E-state index in [9.17, 15) is 4.79 Å². The summed E-state index contributed by atoms with van der Waals surface area (Å²) >= 11 is 0. The van der Waals surface area contributed by atoms with Crippen LogP contribution in [0.5, 0.6) is 11.5 Å². The van der Waals surface area contributed by atoms with Crippen molar-refractivity contribution in [2.45, 2.75) is 26.4 Å². The van der Waals surface area contributed by atoms with Gasteiger partial charge in [-0.05, 0) is 43.2 Å². The number of benzene rings is 3. The van der Waals surface area contributed by atoms with Gasteiger partial charge < -0.3 is 19.7 Å². The molecule has 0 aliphatic carbocycles. The van der Waals surface area contributed by atoms with Gasteiger partial charge in [0.1, 0.15) is 6.54 Å². The Labute approximate surface area is 184 Å². The average molecular weight is 420 g/mol. The van der Waals surface area contributed by atoms with Crippen LogP contribution in [0.1, 0.15) is 28.3 Å². The third kappa shape index (κ3) is 5.25. The second kappa shape index (κ2) is 10.1. The summed E-state index contributed by atoms with van der Waals surface area (Å²) < 4.78 is 11.0. The highest BCUT2D eigenvalue weighted by molar-refractivity contribution is 5.95. The topological polar surface area (TPSA) is 52.0 Å². The van der Waals surface area contributed by atoms with E-state index in [1.54, 1.807) is 14.2 Å². The van der Waals surface area contributed by atoms with Crippen LogP contribution in [0.15, 0.2) is 66.7 Å². The maximum absolute atomic E-state index is 13.5. The molecule has 0 saturated heterocycles. The molecule has 31 heavy (non-hydrogen) atoms. The lowest BCUT2D eigenvalue weighted by atomic mass is 10.0. The van der Waals surface area contributed by atoms with E-state index in [1.807, 2.05) is 87.6 Å². The minimum absolute atomic E-state index is 0.0423. The molecule has 0 aliphatic heterocycles. The molecule has 162 valence electrons. The third-order valence-electron chi connectivity index (χ3n) is 5.49. The van der Waals surface area contributed by atoms with Crippen molar-refractivity contribution in [1.29, 1.82) is 0 Å². The molecule has 0 radical (unpaired) electrons. The third-order valence-corrected chi connectivity index (χ3v) is 5.49. The van der Waals surface area contributed by atoms with Crippen LogP contribution < -0.4 is 19.7 Å². The van der Waals surface area contributed by atoms with Gasteiger partial charge in [0, 0.05) is 11.3 Å². The summed E-state index contributed by atoms with van der Waals surface area (Å²) in [5.74, 6) is 1.34. The molecule has 3 rings (SSSR count). The Kier molecular flexibility index (Phi) is 7.32. The monoisotopic (exact) mass is 419 g/mol. The first-order valence-corrected chi connectivity index (χ1v) is 10.4. The molecule has 0 aliphatic rings.